The van der Waals surface area contributed by atoms with Gasteiger partial charge in [-0.25, -0.2) is 13.1 Å². The van der Waals surface area contributed by atoms with Gasteiger partial charge in [0.1, 0.15) is 0 Å². The first-order valence-corrected chi connectivity index (χ1v) is 11.3. The van der Waals surface area contributed by atoms with E-state index in [2.05, 4.69) is 26.7 Å². The predicted molar refractivity (Wildman–Crippen MR) is 103 cm³/mol. The van der Waals surface area contributed by atoms with E-state index in [4.69, 9.17) is 5.11 Å². The van der Waals surface area contributed by atoms with Crippen LogP contribution in [-0.4, -0.2) is 25.5 Å². The van der Waals surface area contributed by atoms with Crippen molar-refractivity contribution in [1.29, 1.82) is 0 Å². The van der Waals surface area contributed by atoms with Crippen LogP contribution in [0.1, 0.15) is 38.5 Å². The molecule has 1 aromatic rings. The van der Waals surface area contributed by atoms with E-state index < -0.39 is 16.0 Å². The van der Waals surface area contributed by atoms with Gasteiger partial charge < -0.3 is 5.11 Å². The molecular formula is C19H24BrNO4S. The summed E-state index contributed by atoms with van der Waals surface area (Å²) >= 11 is 3.33. The van der Waals surface area contributed by atoms with Crippen LogP contribution in [0.5, 0.6) is 0 Å². The van der Waals surface area contributed by atoms with E-state index in [1.165, 1.54) is 0 Å². The zero-order valence-corrected chi connectivity index (χ0v) is 16.9. The Morgan fingerprint density at radius 1 is 1.23 bits per heavy atom. The van der Waals surface area contributed by atoms with Gasteiger partial charge in [0.2, 0.25) is 10.0 Å². The minimum Gasteiger partial charge on any atom is -0.481 e. The SMILES string of the molecule is O=C(O)CCCC=C[C@H]1[C@@H]2CC[C@@H](C2)[C@@H]1NS(=O)(=O)c1ccc(Br)cc1. The molecule has 2 N–H and O–H groups in total. The second kappa shape index (κ2) is 8.23. The molecule has 142 valence electrons. The van der Waals surface area contributed by atoms with Crippen molar-refractivity contribution in [2.24, 2.45) is 17.8 Å². The maximum atomic E-state index is 12.8. The van der Waals surface area contributed by atoms with E-state index in [1.807, 2.05) is 6.08 Å². The van der Waals surface area contributed by atoms with Gasteiger partial charge in [0.25, 0.3) is 0 Å². The Hall–Kier alpha value is -1.18. The standard InChI is InChI=1S/C19H24BrNO4S/c20-15-8-10-16(11-9-15)26(24,25)21-19-14-7-6-13(12-14)17(19)4-2-1-3-5-18(22)23/h2,4,8-11,13-14,17,19,21H,1,3,5-7,12H2,(H,22,23)/t13-,14+,17+,19+/m1/s1. The van der Waals surface area contributed by atoms with Crippen LogP contribution in [0.25, 0.3) is 0 Å². The molecule has 0 spiro atoms. The summed E-state index contributed by atoms with van der Waals surface area (Å²) in [7, 11) is -3.54. The molecule has 2 saturated carbocycles. The maximum absolute atomic E-state index is 12.8. The number of allylic oxidation sites excluding steroid dienone is 1. The highest BCUT2D eigenvalue weighted by atomic mass is 79.9. The lowest BCUT2D eigenvalue weighted by atomic mass is 9.84. The minimum atomic E-state index is -3.54. The summed E-state index contributed by atoms with van der Waals surface area (Å²) in [4.78, 5) is 10.9. The van der Waals surface area contributed by atoms with Crippen molar-refractivity contribution in [2.45, 2.75) is 49.5 Å². The van der Waals surface area contributed by atoms with Gasteiger partial charge in [-0.2, -0.15) is 0 Å². The Balaban J connectivity index is 1.67. The van der Waals surface area contributed by atoms with Gasteiger partial charge in [-0.15, -0.1) is 0 Å². The summed E-state index contributed by atoms with van der Waals surface area (Å²) in [6.45, 7) is 0. The van der Waals surface area contributed by atoms with E-state index in [-0.39, 0.29) is 23.3 Å². The molecule has 4 atom stereocenters. The minimum absolute atomic E-state index is 0.0712. The van der Waals surface area contributed by atoms with Crippen LogP contribution in [-0.2, 0) is 14.8 Å². The fourth-order valence-electron chi connectivity index (χ4n) is 4.27. The first-order chi connectivity index (χ1) is 12.4. The molecule has 0 amide bonds. The number of carboxylic acid groups (broad SMARTS) is 1. The quantitative estimate of drug-likeness (QED) is 0.472. The zero-order chi connectivity index (χ0) is 18.7. The number of fused-ring (bicyclic) bond motifs is 2. The lowest BCUT2D eigenvalue weighted by Gasteiger charge is -2.29. The number of sulfonamides is 1. The third-order valence-corrected chi connectivity index (χ3v) is 7.52. The van der Waals surface area contributed by atoms with Crippen LogP contribution in [0.4, 0.5) is 0 Å². The molecular weight excluding hydrogens is 418 g/mol. The molecule has 2 fully saturated rings. The Kier molecular flexibility index (Phi) is 6.20. The van der Waals surface area contributed by atoms with Crippen molar-refractivity contribution >= 4 is 31.9 Å². The normalized spacial score (nSPS) is 28.0. The Morgan fingerprint density at radius 2 is 1.92 bits per heavy atom. The molecule has 0 aromatic heterocycles. The summed E-state index contributed by atoms with van der Waals surface area (Å²) in [5.41, 5.74) is 0. The summed E-state index contributed by atoms with van der Waals surface area (Å²) in [5, 5.41) is 8.70. The van der Waals surface area contributed by atoms with Crippen molar-refractivity contribution in [1.82, 2.24) is 4.72 Å². The fraction of sp³-hybridized carbons (Fsp3) is 0.526. The zero-order valence-electron chi connectivity index (χ0n) is 14.5. The van der Waals surface area contributed by atoms with Gasteiger partial charge in [-0.1, -0.05) is 28.1 Å². The van der Waals surface area contributed by atoms with E-state index in [9.17, 15) is 13.2 Å². The molecule has 26 heavy (non-hydrogen) atoms. The molecule has 2 bridgehead atoms. The topological polar surface area (TPSA) is 83.5 Å². The molecule has 2 aliphatic rings. The summed E-state index contributed by atoms with van der Waals surface area (Å²) in [5.74, 6) is 0.328. The first-order valence-electron chi connectivity index (χ1n) is 9.03. The molecule has 2 aliphatic carbocycles. The van der Waals surface area contributed by atoms with Gasteiger partial charge in [-0.3, -0.25) is 4.79 Å². The van der Waals surface area contributed by atoms with Crippen LogP contribution in [0.3, 0.4) is 0 Å². The molecule has 0 heterocycles. The van der Waals surface area contributed by atoms with Gasteiger partial charge in [0.05, 0.1) is 4.90 Å². The Labute approximate surface area is 163 Å². The van der Waals surface area contributed by atoms with Gasteiger partial charge >= 0.3 is 5.97 Å². The number of carboxylic acids is 1. The summed E-state index contributed by atoms with van der Waals surface area (Å²) in [6.07, 6.45) is 8.91. The second-order valence-corrected chi connectivity index (χ2v) is 9.86. The Bertz CT molecular complexity index is 775. The van der Waals surface area contributed by atoms with Crippen molar-refractivity contribution in [3.8, 4) is 0 Å². The maximum Gasteiger partial charge on any atom is 0.303 e. The number of hydrogen-bond donors (Lipinski definition) is 2. The summed E-state index contributed by atoms with van der Waals surface area (Å²) in [6, 6.07) is 6.61. The third kappa shape index (κ3) is 4.56. The van der Waals surface area contributed by atoms with Crippen LogP contribution in [0, 0.1) is 17.8 Å². The summed E-state index contributed by atoms with van der Waals surface area (Å²) < 4.78 is 29.3. The Morgan fingerprint density at radius 3 is 2.62 bits per heavy atom. The number of aliphatic carboxylic acids is 1. The number of carbonyl (C=O) groups is 1. The van der Waals surface area contributed by atoms with Crippen molar-refractivity contribution in [2.75, 3.05) is 0 Å². The molecule has 0 saturated heterocycles. The van der Waals surface area contributed by atoms with Crippen molar-refractivity contribution < 1.29 is 18.3 Å². The number of rotatable bonds is 8. The number of benzene rings is 1. The lowest BCUT2D eigenvalue weighted by Crippen LogP contribution is -2.43. The number of nitrogens with one attached hydrogen (secondary N) is 1. The molecule has 5 nitrogen and oxygen atoms in total. The van der Waals surface area contributed by atoms with Gasteiger partial charge in [0, 0.05) is 16.9 Å². The van der Waals surface area contributed by atoms with E-state index in [1.54, 1.807) is 24.3 Å². The highest BCUT2D eigenvalue weighted by molar-refractivity contribution is 9.10. The molecule has 0 radical (unpaired) electrons. The number of unbranched alkanes of at least 4 members (excludes halogenated alkanes) is 1. The van der Waals surface area contributed by atoms with Crippen molar-refractivity contribution in [3.63, 3.8) is 0 Å². The van der Waals surface area contributed by atoms with Gasteiger partial charge in [-0.05, 0) is 74.1 Å². The van der Waals surface area contributed by atoms with E-state index >= 15 is 0 Å². The predicted octanol–water partition coefficient (Wildman–Crippen LogP) is 3.95. The van der Waals surface area contributed by atoms with E-state index in [0.717, 1.165) is 23.7 Å². The molecule has 1 aromatic carbocycles. The third-order valence-electron chi connectivity index (χ3n) is 5.52. The van der Waals surface area contributed by atoms with Crippen LogP contribution < -0.4 is 4.72 Å². The number of halogens is 1. The molecule has 0 aliphatic heterocycles. The monoisotopic (exact) mass is 441 g/mol. The highest BCUT2D eigenvalue weighted by Gasteiger charge is 2.47. The average Bonchev–Trinajstić information content (AvgIpc) is 3.17. The average molecular weight is 442 g/mol. The van der Waals surface area contributed by atoms with Gasteiger partial charge in [0.15, 0.2) is 0 Å². The van der Waals surface area contributed by atoms with Crippen LogP contribution in [0.15, 0.2) is 45.8 Å². The van der Waals surface area contributed by atoms with Crippen LogP contribution >= 0.6 is 15.9 Å². The van der Waals surface area contributed by atoms with E-state index in [0.29, 0.717) is 24.7 Å². The first kappa shape index (κ1) is 19.6. The molecule has 0 unspecified atom stereocenters. The fourth-order valence-corrected chi connectivity index (χ4v) is 5.88. The smallest absolute Gasteiger partial charge is 0.303 e. The van der Waals surface area contributed by atoms with Crippen molar-refractivity contribution in [3.05, 3.63) is 40.9 Å². The second-order valence-electron chi connectivity index (χ2n) is 7.23. The largest absolute Gasteiger partial charge is 0.481 e. The molecule has 3 rings (SSSR count). The lowest BCUT2D eigenvalue weighted by molar-refractivity contribution is -0.137. The number of hydrogen-bond acceptors (Lipinski definition) is 3. The van der Waals surface area contributed by atoms with Crippen LogP contribution in [0.2, 0.25) is 0 Å². The highest BCUT2D eigenvalue weighted by Crippen LogP contribution is 2.49. The molecule has 7 heteroatoms.